The minimum absolute atomic E-state index is 0.0768. The highest BCUT2D eigenvalue weighted by Gasteiger charge is 2.56. The van der Waals surface area contributed by atoms with Crippen LogP contribution in [0.25, 0.3) is 0 Å². The number of hydrogen-bond acceptors (Lipinski definition) is 3. The number of fused-ring (bicyclic) bond motifs is 2. The van der Waals surface area contributed by atoms with E-state index in [4.69, 9.17) is 11.6 Å². The Morgan fingerprint density at radius 1 is 1.09 bits per heavy atom. The maximum atomic E-state index is 13.7. The third-order valence-corrected chi connectivity index (χ3v) is 6.50. The Labute approximate surface area is 192 Å². The Balaban J connectivity index is 1.70. The summed E-state index contributed by atoms with van der Waals surface area (Å²) < 4.78 is 41.9. The van der Waals surface area contributed by atoms with Gasteiger partial charge < -0.3 is 9.80 Å². The van der Waals surface area contributed by atoms with Crippen molar-refractivity contribution in [2.75, 3.05) is 13.1 Å². The number of aryl methyl sites for hydroxylation is 1. The van der Waals surface area contributed by atoms with Crippen LogP contribution in [-0.2, 0) is 25.3 Å². The van der Waals surface area contributed by atoms with Gasteiger partial charge in [-0.15, -0.1) is 0 Å². The van der Waals surface area contributed by atoms with Gasteiger partial charge in [-0.2, -0.15) is 18.3 Å². The number of alkyl halides is 3. The molecule has 6 nitrogen and oxygen atoms in total. The van der Waals surface area contributed by atoms with Crippen LogP contribution < -0.4 is 0 Å². The minimum atomic E-state index is -4.80. The predicted octanol–water partition coefficient (Wildman–Crippen LogP) is 4.10. The van der Waals surface area contributed by atoms with Crippen LogP contribution in [0.2, 0.25) is 5.02 Å². The number of nitrogens with zero attached hydrogens (tertiary/aromatic N) is 4. The van der Waals surface area contributed by atoms with Crippen molar-refractivity contribution in [1.29, 1.82) is 0 Å². The smallest absolute Gasteiger partial charge is 0.309 e. The van der Waals surface area contributed by atoms with E-state index in [9.17, 15) is 22.8 Å². The normalized spacial score (nSPS) is 20.1. The van der Waals surface area contributed by atoms with Gasteiger partial charge in [0.05, 0.1) is 5.56 Å². The maximum absolute atomic E-state index is 13.7. The summed E-state index contributed by atoms with van der Waals surface area (Å²) in [6.45, 7) is 0.260. The molecule has 2 aromatic carbocycles. The first-order chi connectivity index (χ1) is 15.6. The molecule has 1 unspecified atom stereocenters. The highest BCUT2D eigenvalue weighted by Crippen LogP contribution is 2.46. The van der Waals surface area contributed by atoms with Crippen molar-refractivity contribution in [1.82, 2.24) is 19.6 Å². The molecule has 0 spiro atoms. The topological polar surface area (TPSA) is 58.4 Å². The van der Waals surface area contributed by atoms with Gasteiger partial charge >= 0.3 is 6.18 Å². The van der Waals surface area contributed by atoms with Crippen LogP contribution in [0.4, 0.5) is 13.2 Å². The number of halogens is 4. The van der Waals surface area contributed by atoms with Gasteiger partial charge in [-0.25, -0.2) is 0 Å². The number of rotatable bonds is 2. The van der Waals surface area contributed by atoms with E-state index in [0.717, 1.165) is 16.4 Å². The summed E-state index contributed by atoms with van der Waals surface area (Å²) in [5.41, 5.74) is -1.25. The molecule has 1 fully saturated rings. The number of aromatic nitrogens is 2. The van der Waals surface area contributed by atoms with Crippen molar-refractivity contribution in [2.24, 2.45) is 7.05 Å². The van der Waals surface area contributed by atoms with E-state index in [0.29, 0.717) is 16.1 Å². The predicted molar refractivity (Wildman–Crippen MR) is 114 cm³/mol. The molecule has 2 aliphatic heterocycles. The first kappa shape index (κ1) is 21.5. The molecule has 0 radical (unpaired) electrons. The second kappa shape index (κ2) is 7.34. The molecule has 1 saturated heterocycles. The Kier molecular flexibility index (Phi) is 4.79. The number of carbonyl (C=O) groups excluding carboxylic acids is 2. The molecule has 2 amide bonds. The largest absolute Gasteiger partial charge is 0.435 e. The van der Waals surface area contributed by atoms with Crippen molar-refractivity contribution in [3.63, 3.8) is 0 Å². The van der Waals surface area contributed by atoms with E-state index in [1.165, 1.54) is 11.9 Å². The molecule has 2 aliphatic rings. The number of carbonyl (C=O) groups is 2. The lowest BCUT2D eigenvalue weighted by molar-refractivity contribution is -0.142. The van der Waals surface area contributed by atoms with E-state index in [1.54, 1.807) is 53.4 Å². The standard InChI is InChI=1S/C23H18ClF3N4O2/c1-29-13-18(19(28-29)23(25,26)27)21(33)31-11-10-30-20(32)17-5-3-2-4-14(17)12-22(30,31)15-6-8-16(24)9-7-15/h2-9,13H,10-12H2,1H3. The lowest BCUT2D eigenvalue weighted by Gasteiger charge is -2.47. The summed E-state index contributed by atoms with van der Waals surface area (Å²) in [5, 5.41) is 3.95. The van der Waals surface area contributed by atoms with Gasteiger partial charge in [0, 0.05) is 43.3 Å². The zero-order valence-electron chi connectivity index (χ0n) is 17.4. The van der Waals surface area contributed by atoms with Gasteiger partial charge in [-0.1, -0.05) is 41.9 Å². The molecule has 5 rings (SSSR count). The van der Waals surface area contributed by atoms with Crippen molar-refractivity contribution in [3.05, 3.63) is 87.7 Å². The molecular weight excluding hydrogens is 457 g/mol. The van der Waals surface area contributed by atoms with Crippen LogP contribution in [0, 0.1) is 0 Å². The highest BCUT2D eigenvalue weighted by molar-refractivity contribution is 6.30. The van der Waals surface area contributed by atoms with Gasteiger partial charge in [-0.3, -0.25) is 14.3 Å². The SMILES string of the molecule is Cn1cc(C(=O)N2CCN3C(=O)c4ccccc4CC32c2ccc(Cl)cc2)c(C(F)(F)F)n1. The maximum Gasteiger partial charge on any atom is 0.435 e. The molecule has 0 saturated carbocycles. The third kappa shape index (κ3) is 3.21. The summed E-state index contributed by atoms with van der Waals surface area (Å²) >= 11 is 6.07. The molecule has 170 valence electrons. The van der Waals surface area contributed by atoms with Crippen molar-refractivity contribution < 1.29 is 22.8 Å². The van der Waals surface area contributed by atoms with E-state index in [2.05, 4.69) is 5.10 Å². The number of amides is 2. The molecule has 1 aromatic heterocycles. The van der Waals surface area contributed by atoms with E-state index >= 15 is 0 Å². The highest BCUT2D eigenvalue weighted by atomic mass is 35.5. The Morgan fingerprint density at radius 2 is 1.79 bits per heavy atom. The van der Waals surface area contributed by atoms with Gasteiger partial charge in [0.25, 0.3) is 11.8 Å². The Bertz CT molecular complexity index is 1270. The van der Waals surface area contributed by atoms with Crippen LogP contribution in [0.1, 0.15) is 37.5 Å². The van der Waals surface area contributed by atoms with Crippen LogP contribution >= 0.6 is 11.6 Å². The molecule has 3 heterocycles. The van der Waals surface area contributed by atoms with E-state index < -0.39 is 29.0 Å². The Morgan fingerprint density at radius 3 is 2.48 bits per heavy atom. The quantitative estimate of drug-likeness (QED) is 0.562. The molecule has 1 atom stereocenters. The third-order valence-electron chi connectivity index (χ3n) is 6.25. The van der Waals surface area contributed by atoms with Gasteiger partial charge in [0.1, 0.15) is 5.66 Å². The fourth-order valence-corrected chi connectivity index (χ4v) is 5.00. The fourth-order valence-electron chi connectivity index (χ4n) is 4.87. The van der Waals surface area contributed by atoms with Crippen molar-refractivity contribution in [2.45, 2.75) is 18.3 Å². The minimum Gasteiger partial charge on any atom is -0.309 e. The van der Waals surface area contributed by atoms with Crippen molar-refractivity contribution in [3.8, 4) is 0 Å². The summed E-state index contributed by atoms with van der Waals surface area (Å²) in [6, 6.07) is 13.8. The Hall–Kier alpha value is -3.33. The molecular formula is C23H18ClF3N4O2. The van der Waals surface area contributed by atoms with Crippen LogP contribution in [0.3, 0.4) is 0 Å². The zero-order chi connectivity index (χ0) is 23.5. The van der Waals surface area contributed by atoms with Gasteiger partial charge in [0.15, 0.2) is 5.69 Å². The van der Waals surface area contributed by atoms with E-state index in [1.807, 2.05) is 0 Å². The van der Waals surface area contributed by atoms with Crippen LogP contribution in [0.15, 0.2) is 54.7 Å². The summed E-state index contributed by atoms with van der Waals surface area (Å²) in [6.07, 6.45) is -3.49. The first-order valence-corrected chi connectivity index (χ1v) is 10.6. The molecule has 3 aromatic rings. The summed E-state index contributed by atoms with van der Waals surface area (Å²) in [5.74, 6) is -1.11. The van der Waals surface area contributed by atoms with Crippen molar-refractivity contribution >= 4 is 23.4 Å². The molecule has 33 heavy (non-hydrogen) atoms. The number of hydrogen-bond donors (Lipinski definition) is 0. The van der Waals surface area contributed by atoms with Gasteiger partial charge in [-0.05, 0) is 29.3 Å². The molecule has 0 bridgehead atoms. The average molecular weight is 475 g/mol. The fraction of sp³-hybridized carbons (Fsp3) is 0.261. The monoisotopic (exact) mass is 474 g/mol. The second-order valence-electron chi connectivity index (χ2n) is 8.13. The molecule has 0 N–H and O–H groups in total. The number of benzene rings is 2. The van der Waals surface area contributed by atoms with Crippen LogP contribution in [0.5, 0.6) is 0 Å². The van der Waals surface area contributed by atoms with Crippen LogP contribution in [-0.4, -0.2) is 44.5 Å². The molecule has 0 aliphatic carbocycles. The second-order valence-corrected chi connectivity index (χ2v) is 8.57. The lowest BCUT2D eigenvalue weighted by Crippen LogP contribution is -2.58. The lowest BCUT2D eigenvalue weighted by atomic mass is 9.83. The zero-order valence-corrected chi connectivity index (χ0v) is 18.2. The first-order valence-electron chi connectivity index (χ1n) is 10.2. The van der Waals surface area contributed by atoms with Gasteiger partial charge in [0.2, 0.25) is 0 Å². The average Bonchev–Trinajstić information content (AvgIpc) is 3.36. The molecule has 10 heteroatoms. The van der Waals surface area contributed by atoms with E-state index in [-0.39, 0.29) is 25.4 Å². The summed E-state index contributed by atoms with van der Waals surface area (Å²) in [4.78, 5) is 30.0. The summed E-state index contributed by atoms with van der Waals surface area (Å²) in [7, 11) is 1.33.